The predicted molar refractivity (Wildman–Crippen MR) is 167 cm³/mol. The number of piperidine rings is 1. The summed E-state index contributed by atoms with van der Waals surface area (Å²) in [5.74, 6) is -0.142. The minimum absolute atomic E-state index is 0.149. The number of nitrogens with zero attached hydrogens (tertiary/aromatic N) is 3. The topological polar surface area (TPSA) is 81.7 Å². The molecular weight excluding hydrogens is 615 g/mol. The number of alkyl halides is 1. The Bertz CT molecular complexity index is 1470. The van der Waals surface area contributed by atoms with Crippen molar-refractivity contribution < 1.29 is 14.6 Å². The highest BCUT2D eigenvalue weighted by Crippen LogP contribution is 2.52. The molecule has 7 nitrogen and oxygen atoms in total. The van der Waals surface area contributed by atoms with Crippen molar-refractivity contribution in [2.75, 3.05) is 29.0 Å². The van der Waals surface area contributed by atoms with Gasteiger partial charge in [0, 0.05) is 52.9 Å². The molecule has 6 rings (SSSR count). The number of aromatic carboxylic acids is 1. The molecule has 2 aliphatic rings. The maximum Gasteiger partial charge on any atom is 0.339 e. The molecule has 1 aliphatic heterocycles. The van der Waals surface area contributed by atoms with Gasteiger partial charge >= 0.3 is 5.97 Å². The summed E-state index contributed by atoms with van der Waals surface area (Å²) < 4.78 is 7.18. The molecule has 2 aromatic carbocycles. The van der Waals surface area contributed by atoms with Crippen molar-refractivity contribution >= 4 is 45.3 Å². The van der Waals surface area contributed by atoms with Gasteiger partial charge in [0.1, 0.15) is 22.7 Å². The van der Waals surface area contributed by atoms with Gasteiger partial charge in [0.25, 0.3) is 0 Å². The van der Waals surface area contributed by atoms with E-state index in [1.54, 1.807) is 12.3 Å². The Kier molecular flexibility index (Phi) is 7.72. The van der Waals surface area contributed by atoms with Gasteiger partial charge in [0.15, 0.2) is 0 Å². The van der Waals surface area contributed by atoms with Gasteiger partial charge in [-0.05, 0) is 67.5 Å². The van der Waals surface area contributed by atoms with E-state index in [0.29, 0.717) is 29.0 Å². The molecule has 0 amide bonds. The van der Waals surface area contributed by atoms with E-state index < -0.39 is 5.97 Å². The quantitative estimate of drug-likeness (QED) is 0.146. The third-order valence-electron chi connectivity index (χ3n) is 8.89. The minimum atomic E-state index is -1.00. The van der Waals surface area contributed by atoms with Crippen molar-refractivity contribution in [3.63, 3.8) is 0 Å². The zero-order chi connectivity index (χ0) is 27.7. The number of pyridine rings is 1. The van der Waals surface area contributed by atoms with E-state index in [1.165, 1.54) is 18.4 Å². The maximum absolute atomic E-state index is 12.0. The lowest BCUT2D eigenvalue weighted by atomic mass is 9.59. The second kappa shape index (κ2) is 11.4. The number of hydrogen-bond acceptors (Lipinski definition) is 5. The summed E-state index contributed by atoms with van der Waals surface area (Å²) in [5, 5.41) is 10.7. The first kappa shape index (κ1) is 27.1. The van der Waals surface area contributed by atoms with Gasteiger partial charge in [-0.2, -0.15) is 0 Å². The molecule has 8 heteroatoms. The number of fused-ring (bicyclic) bond motifs is 1. The Balaban J connectivity index is 1.12. The summed E-state index contributed by atoms with van der Waals surface area (Å²) in [6, 6.07) is 21.3. The van der Waals surface area contributed by atoms with Crippen LogP contribution in [0.5, 0.6) is 11.5 Å². The Morgan fingerprint density at radius 3 is 2.65 bits per heavy atom. The van der Waals surface area contributed by atoms with Gasteiger partial charge in [-0.25, -0.2) is 9.78 Å². The number of ether oxygens (including phenoxy) is 1. The number of aromatic amines is 1. The van der Waals surface area contributed by atoms with Gasteiger partial charge in [0.05, 0.1) is 6.20 Å². The van der Waals surface area contributed by atoms with Crippen LogP contribution >= 0.6 is 22.6 Å². The second-order valence-corrected chi connectivity index (χ2v) is 12.0. The molecule has 0 bridgehead atoms. The van der Waals surface area contributed by atoms with Crippen molar-refractivity contribution in [2.24, 2.45) is 5.41 Å². The van der Waals surface area contributed by atoms with Gasteiger partial charge in [-0.15, -0.1) is 0 Å². The molecule has 4 aromatic rings. The van der Waals surface area contributed by atoms with E-state index in [1.807, 2.05) is 30.5 Å². The fourth-order valence-electron chi connectivity index (χ4n) is 6.67. The summed E-state index contributed by atoms with van der Waals surface area (Å²) in [7, 11) is 0. The molecule has 1 unspecified atom stereocenters. The molecule has 1 spiro atoms. The Hall–Kier alpha value is -3.11. The van der Waals surface area contributed by atoms with Crippen LogP contribution in [0.15, 0.2) is 73.1 Å². The number of aromatic nitrogens is 2. The number of halogens is 1. The molecule has 2 fully saturated rings. The fraction of sp³-hybridized carbons (Fsp3) is 0.375. The summed E-state index contributed by atoms with van der Waals surface area (Å²) in [5.41, 5.74) is 3.76. The minimum Gasteiger partial charge on any atom is -0.478 e. The van der Waals surface area contributed by atoms with Gasteiger partial charge in [-0.1, -0.05) is 59.8 Å². The molecule has 40 heavy (non-hydrogen) atoms. The van der Waals surface area contributed by atoms with Crippen molar-refractivity contribution in [3.8, 4) is 11.5 Å². The Morgan fingerprint density at radius 1 is 1.18 bits per heavy atom. The largest absolute Gasteiger partial charge is 0.478 e. The third-order valence-corrected chi connectivity index (χ3v) is 9.72. The number of carboxylic acid groups (broad SMARTS) is 1. The van der Waals surface area contributed by atoms with Crippen LogP contribution in [0.2, 0.25) is 0 Å². The van der Waals surface area contributed by atoms with E-state index in [4.69, 9.17) is 4.74 Å². The van der Waals surface area contributed by atoms with Crippen molar-refractivity contribution in [3.05, 3.63) is 84.2 Å². The van der Waals surface area contributed by atoms with Crippen LogP contribution in [-0.2, 0) is 0 Å². The molecule has 208 valence electrons. The lowest BCUT2D eigenvalue weighted by Crippen LogP contribution is -2.56. The highest BCUT2D eigenvalue weighted by Gasteiger charge is 2.48. The van der Waals surface area contributed by atoms with Crippen LogP contribution in [0.1, 0.15) is 54.6 Å². The van der Waals surface area contributed by atoms with Crippen LogP contribution in [0, 0.1) is 5.41 Å². The highest BCUT2D eigenvalue weighted by molar-refractivity contribution is 14.1. The van der Waals surface area contributed by atoms with Gasteiger partial charge < -0.3 is 19.7 Å². The number of H-pyrrole nitrogens is 1. The number of rotatable bonds is 9. The van der Waals surface area contributed by atoms with Gasteiger partial charge in [0.2, 0.25) is 0 Å². The van der Waals surface area contributed by atoms with E-state index in [2.05, 4.69) is 79.6 Å². The fourth-order valence-corrected chi connectivity index (χ4v) is 7.69. The maximum atomic E-state index is 12.0. The highest BCUT2D eigenvalue weighted by atomic mass is 127. The van der Waals surface area contributed by atoms with Crippen molar-refractivity contribution in [1.82, 2.24) is 14.9 Å². The molecule has 1 saturated carbocycles. The number of carbonyl (C=O) groups is 1. The smallest absolute Gasteiger partial charge is 0.339 e. The first-order chi connectivity index (χ1) is 19.5. The standard InChI is InChI=1S/C32H35IN4O3/c1-2-37(28(20-33)22-6-4-3-5-7-22)25-18-32(19-25)11-14-36(15-12-32)24-8-9-27(31(38)39)29(17-24)40-26-16-23-10-13-34-30(23)35-21-26/h3-10,13,16-17,21,25,28H,2,11-12,14-15,18-20H2,1H3,(H,34,35)(H,38,39). The molecule has 2 aromatic heterocycles. The zero-order valence-corrected chi connectivity index (χ0v) is 24.9. The molecule has 0 radical (unpaired) electrons. The first-order valence-corrected chi connectivity index (χ1v) is 15.6. The number of hydrogen-bond donors (Lipinski definition) is 2. The monoisotopic (exact) mass is 650 g/mol. The summed E-state index contributed by atoms with van der Waals surface area (Å²) in [6.07, 6.45) is 8.28. The van der Waals surface area contributed by atoms with Crippen LogP contribution in [0.25, 0.3) is 11.0 Å². The van der Waals surface area contributed by atoms with Gasteiger partial charge in [-0.3, -0.25) is 4.90 Å². The van der Waals surface area contributed by atoms with Crippen molar-refractivity contribution in [2.45, 2.75) is 44.7 Å². The van der Waals surface area contributed by atoms with Crippen LogP contribution < -0.4 is 9.64 Å². The molecule has 1 aliphatic carbocycles. The van der Waals surface area contributed by atoms with E-state index in [9.17, 15) is 9.90 Å². The predicted octanol–water partition coefficient (Wildman–Crippen LogP) is 7.30. The molecule has 2 N–H and O–H groups in total. The first-order valence-electron chi connectivity index (χ1n) is 14.1. The van der Waals surface area contributed by atoms with Crippen LogP contribution in [-0.4, -0.2) is 56.0 Å². The van der Waals surface area contributed by atoms with E-state index >= 15 is 0 Å². The molecule has 1 saturated heterocycles. The average Bonchev–Trinajstić information content (AvgIpc) is 3.43. The lowest BCUT2D eigenvalue weighted by molar-refractivity contribution is -0.0295. The normalized spacial score (nSPS) is 17.7. The molecular formula is C32H35IN4O3. The number of benzene rings is 2. The van der Waals surface area contributed by atoms with Crippen LogP contribution in [0.3, 0.4) is 0 Å². The Labute approximate surface area is 248 Å². The SMILES string of the molecule is CCN(C1CC2(CCN(c3ccc(C(=O)O)c(Oc4cnc5[nH]ccc5c4)c3)CC2)C1)C(CI)c1ccccc1. The molecule has 3 heterocycles. The lowest BCUT2D eigenvalue weighted by Gasteiger charge is -2.56. The summed E-state index contributed by atoms with van der Waals surface area (Å²) in [4.78, 5) is 24.5. The third kappa shape index (κ3) is 5.31. The number of carboxylic acids is 1. The van der Waals surface area contributed by atoms with E-state index in [0.717, 1.165) is 53.6 Å². The van der Waals surface area contributed by atoms with Crippen LogP contribution in [0.4, 0.5) is 5.69 Å². The number of anilines is 1. The zero-order valence-electron chi connectivity index (χ0n) is 22.7. The second-order valence-electron chi connectivity index (χ2n) is 11.1. The summed E-state index contributed by atoms with van der Waals surface area (Å²) >= 11 is 2.54. The summed E-state index contributed by atoms with van der Waals surface area (Å²) in [6.45, 7) is 5.30. The Morgan fingerprint density at radius 2 is 1.95 bits per heavy atom. The number of nitrogens with one attached hydrogen (secondary N) is 1. The average molecular weight is 651 g/mol. The molecule has 1 atom stereocenters. The van der Waals surface area contributed by atoms with E-state index in [-0.39, 0.29) is 5.56 Å². The van der Waals surface area contributed by atoms with Crippen molar-refractivity contribution in [1.29, 1.82) is 0 Å².